The first-order chi connectivity index (χ1) is 10.7. The van der Waals surface area contributed by atoms with Crippen LogP contribution in [0.3, 0.4) is 0 Å². The van der Waals surface area contributed by atoms with Gasteiger partial charge in [0.25, 0.3) is 6.47 Å². The lowest BCUT2D eigenvalue weighted by Gasteiger charge is -2.34. The topological polar surface area (TPSA) is 80.3 Å². The maximum atomic E-state index is 11.9. The Morgan fingerprint density at radius 3 is 2.77 bits per heavy atom. The summed E-state index contributed by atoms with van der Waals surface area (Å²) in [7, 11) is 0. The first-order valence-corrected chi connectivity index (χ1v) is 7.82. The molecule has 0 amide bonds. The van der Waals surface area contributed by atoms with Crippen LogP contribution in [0.1, 0.15) is 32.6 Å². The second kappa shape index (κ2) is 8.95. The Morgan fingerprint density at radius 1 is 1.27 bits per heavy atom. The number of hydrogen-bond donors (Lipinski definition) is 0. The number of ether oxygens (including phenoxy) is 5. The largest absolute Gasteiger partial charge is 0.508 e. The molecule has 7 nitrogen and oxygen atoms in total. The Labute approximate surface area is 130 Å². The van der Waals surface area contributed by atoms with Crippen molar-refractivity contribution < 1.29 is 33.3 Å². The van der Waals surface area contributed by atoms with E-state index in [1.807, 2.05) is 6.92 Å². The van der Waals surface area contributed by atoms with Gasteiger partial charge in [-0.25, -0.2) is 4.79 Å². The quantitative estimate of drug-likeness (QED) is 0.544. The molecule has 3 atom stereocenters. The molecule has 0 aliphatic carbocycles. The fourth-order valence-corrected chi connectivity index (χ4v) is 2.90. The van der Waals surface area contributed by atoms with Crippen molar-refractivity contribution >= 4 is 12.6 Å². The van der Waals surface area contributed by atoms with Crippen molar-refractivity contribution in [2.24, 2.45) is 5.92 Å². The van der Waals surface area contributed by atoms with E-state index >= 15 is 0 Å². The Morgan fingerprint density at radius 2 is 2.05 bits per heavy atom. The van der Waals surface area contributed by atoms with E-state index in [2.05, 4.69) is 0 Å². The van der Waals surface area contributed by atoms with Crippen molar-refractivity contribution in [2.45, 2.75) is 50.9 Å². The van der Waals surface area contributed by atoms with Gasteiger partial charge in [0.2, 0.25) is 0 Å². The van der Waals surface area contributed by atoms with Crippen molar-refractivity contribution in [3.63, 3.8) is 0 Å². The van der Waals surface area contributed by atoms with Crippen LogP contribution in [0, 0.1) is 5.92 Å². The fraction of sp³-hybridized carbons (Fsp3) is 0.867. The standard InChI is InChI=1S/C15H24O7/c1-11(13-3-2-6-20-14(13)9-19-10-16)21-15(17)22-12-4-7-18-8-5-12/h10-14H,2-9H2,1H3. The predicted octanol–water partition coefficient (Wildman–Crippen LogP) is 1.68. The van der Waals surface area contributed by atoms with Gasteiger partial charge in [0.15, 0.2) is 0 Å². The van der Waals surface area contributed by atoms with Crippen LogP contribution < -0.4 is 0 Å². The summed E-state index contributed by atoms with van der Waals surface area (Å²) in [6, 6.07) is 0. The molecule has 2 heterocycles. The van der Waals surface area contributed by atoms with Gasteiger partial charge in [-0.05, 0) is 19.8 Å². The van der Waals surface area contributed by atoms with Gasteiger partial charge in [0.1, 0.15) is 18.8 Å². The third-order valence-corrected chi connectivity index (χ3v) is 4.14. The second-order valence-corrected chi connectivity index (χ2v) is 5.65. The van der Waals surface area contributed by atoms with Gasteiger partial charge >= 0.3 is 6.16 Å². The van der Waals surface area contributed by atoms with E-state index in [0.29, 0.717) is 39.1 Å². The number of carbonyl (C=O) groups excluding carboxylic acids is 2. The van der Waals surface area contributed by atoms with E-state index in [9.17, 15) is 9.59 Å². The maximum absolute atomic E-state index is 11.9. The summed E-state index contributed by atoms with van der Waals surface area (Å²) >= 11 is 0. The summed E-state index contributed by atoms with van der Waals surface area (Å²) < 4.78 is 26.3. The monoisotopic (exact) mass is 316 g/mol. The van der Waals surface area contributed by atoms with Gasteiger partial charge in [-0.15, -0.1) is 0 Å². The van der Waals surface area contributed by atoms with Crippen LogP contribution in [0.4, 0.5) is 4.79 Å². The maximum Gasteiger partial charge on any atom is 0.508 e. The highest BCUT2D eigenvalue weighted by molar-refractivity contribution is 5.60. The van der Waals surface area contributed by atoms with Crippen LogP contribution in [0.25, 0.3) is 0 Å². The summed E-state index contributed by atoms with van der Waals surface area (Å²) in [5, 5.41) is 0. The minimum Gasteiger partial charge on any atom is -0.465 e. The van der Waals surface area contributed by atoms with E-state index < -0.39 is 6.16 Å². The highest BCUT2D eigenvalue weighted by atomic mass is 16.7. The molecule has 7 heteroatoms. The molecule has 0 aromatic carbocycles. The molecule has 0 spiro atoms. The van der Waals surface area contributed by atoms with Gasteiger partial charge in [0.05, 0.1) is 19.3 Å². The van der Waals surface area contributed by atoms with Crippen LogP contribution >= 0.6 is 0 Å². The van der Waals surface area contributed by atoms with E-state index in [-0.39, 0.29) is 30.8 Å². The minimum absolute atomic E-state index is 0.00376. The average molecular weight is 316 g/mol. The lowest BCUT2D eigenvalue weighted by atomic mass is 9.90. The zero-order chi connectivity index (χ0) is 15.8. The van der Waals surface area contributed by atoms with E-state index in [4.69, 9.17) is 23.7 Å². The number of carbonyl (C=O) groups is 2. The molecule has 2 aliphatic rings. The lowest BCUT2D eigenvalue weighted by Crippen LogP contribution is -2.41. The van der Waals surface area contributed by atoms with Gasteiger partial charge in [0, 0.05) is 25.4 Å². The lowest BCUT2D eigenvalue weighted by molar-refractivity contribution is -0.142. The van der Waals surface area contributed by atoms with Crippen LogP contribution in [-0.4, -0.2) is 57.4 Å². The third-order valence-electron chi connectivity index (χ3n) is 4.14. The molecule has 22 heavy (non-hydrogen) atoms. The third kappa shape index (κ3) is 5.14. The second-order valence-electron chi connectivity index (χ2n) is 5.65. The Balaban J connectivity index is 1.79. The van der Waals surface area contributed by atoms with E-state index in [0.717, 1.165) is 12.8 Å². The van der Waals surface area contributed by atoms with Crippen molar-refractivity contribution in [2.75, 3.05) is 26.4 Å². The van der Waals surface area contributed by atoms with E-state index in [1.165, 1.54) is 0 Å². The molecule has 2 rings (SSSR count). The van der Waals surface area contributed by atoms with Gasteiger partial charge in [-0.3, -0.25) is 4.79 Å². The van der Waals surface area contributed by atoms with Crippen LogP contribution in [-0.2, 0) is 28.5 Å². The molecule has 0 bridgehead atoms. The number of hydrogen-bond acceptors (Lipinski definition) is 7. The summed E-state index contributed by atoms with van der Waals surface area (Å²) in [6.07, 6.45) is 1.77. The first kappa shape index (κ1) is 17.0. The molecular formula is C15H24O7. The normalized spacial score (nSPS) is 27.7. The fourth-order valence-electron chi connectivity index (χ4n) is 2.90. The minimum atomic E-state index is -0.653. The summed E-state index contributed by atoms with van der Waals surface area (Å²) in [6.45, 7) is 4.24. The molecule has 2 saturated heterocycles. The zero-order valence-corrected chi connectivity index (χ0v) is 12.9. The SMILES string of the molecule is CC(OC(=O)OC1CCOCC1)C1CCCOC1COC=O. The van der Waals surface area contributed by atoms with Gasteiger partial charge in [-0.1, -0.05) is 0 Å². The number of rotatable bonds is 6. The molecule has 0 aromatic heterocycles. The van der Waals surface area contributed by atoms with Crippen molar-refractivity contribution in [3.05, 3.63) is 0 Å². The summed E-state index contributed by atoms with van der Waals surface area (Å²) in [4.78, 5) is 22.2. The molecule has 126 valence electrons. The zero-order valence-electron chi connectivity index (χ0n) is 12.9. The van der Waals surface area contributed by atoms with Crippen molar-refractivity contribution in [1.82, 2.24) is 0 Å². The van der Waals surface area contributed by atoms with Crippen LogP contribution in [0.5, 0.6) is 0 Å². The van der Waals surface area contributed by atoms with Gasteiger partial charge in [-0.2, -0.15) is 0 Å². The van der Waals surface area contributed by atoms with Crippen molar-refractivity contribution in [1.29, 1.82) is 0 Å². The summed E-state index contributed by atoms with van der Waals surface area (Å²) in [5.74, 6) is -0.00376. The van der Waals surface area contributed by atoms with E-state index in [1.54, 1.807) is 0 Å². The Bertz CT molecular complexity index is 354. The Kier molecular flexibility index (Phi) is 6.92. The van der Waals surface area contributed by atoms with Gasteiger partial charge < -0.3 is 23.7 Å². The van der Waals surface area contributed by atoms with Crippen LogP contribution in [0.15, 0.2) is 0 Å². The highest BCUT2D eigenvalue weighted by Gasteiger charge is 2.34. The summed E-state index contributed by atoms with van der Waals surface area (Å²) in [5.41, 5.74) is 0. The molecule has 3 unspecified atom stereocenters. The Hall–Kier alpha value is -1.34. The molecule has 0 radical (unpaired) electrons. The first-order valence-electron chi connectivity index (χ1n) is 7.82. The highest BCUT2D eigenvalue weighted by Crippen LogP contribution is 2.26. The molecular weight excluding hydrogens is 292 g/mol. The molecule has 2 aliphatic heterocycles. The average Bonchev–Trinajstić information content (AvgIpc) is 2.54. The molecule has 0 saturated carbocycles. The molecule has 2 fully saturated rings. The smallest absolute Gasteiger partial charge is 0.465 e. The van der Waals surface area contributed by atoms with Crippen LogP contribution in [0.2, 0.25) is 0 Å². The molecule has 0 aromatic rings. The van der Waals surface area contributed by atoms with Crippen molar-refractivity contribution in [3.8, 4) is 0 Å². The molecule has 0 N–H and O–H groups in total. The predicted molar refractivity (Wildman–Crippen MR) is 75.3 cm³/mol.